The molecule has 4 nitrogen and oxygen atoms in total. The van der Waals surface area contributed by atoms with E-state index in [0.717, 1.165) is 47.2 Å². The van der Waals surface area contributed by atoms with Crippen molar-refractivity contribution in [2.24, 2.45) is 0 Å². The third-order valence-electron chi connectivity index (χ3n) is 4.34. The maximum atomic E-state index is 13.0. The van der Waals surface area contributed by atoms with Crippen LogP contribution in [0.1, 0.15) is 32.2 Å². The summed E-state index contributed by atoms with van der Waals surface area (Å²) in [5.41, 5.74) is 2.48. The number of hydrogen-bond acceptors (Lipinski definition) is 3. The number of ether oxygens (including phenoxy) is 1. The van der Waals surface area contributed by atoms with Gasteiger partial charge >= 0.3 is 0 Å². The van der Waals surface area contributed by atoms with E-state index < -0.39 is 0 Å². The Balaban J connectivity index is 1.82. The fourth-order valence-corrected chi connectivity index (χ4v) is 3.00. The lowest BCUT2D eigenvalue weighted by atomic mass is 10.1. The smallest absolute Gasteiger partial charge is 0.260 e. The van der Waals surface area contributed by atoms with Crippen LogP contribution in [-0.2, 0) is 0 Å². The summed E-state index contributed by atoms with van der Waals surface area (Å²) < 4.78 is 7.49. The van der Waals surface area contributed by atoms with Crippen molar-refractivity contribution in [3.8, 4) is 16.9 Å². The molecule has 0 atom stereocenters. The average molecular weight is 320 g/mol. The van der Waals surface area contributed by atoms with E-state index >= 15 is 0 Å². The SMILES string of the molecule is CCCOc1ccc(-c2cc3cccnc3n(C3CC3)c2=O)cc1. The molecule has 1 aromatic carbocycles. The van der Waals surface area contributed by atoms with Gasteiger partial charge in [-0.25, -0.2) is 4.98 Å². The van der Waals surface area contributed by atoms with E-state index in [4.69, 9.17) is 4.74 Å². The molecule has 1 aliphatic carbocycles. The van der Waals surface area contributed by atoms with Crippen LogP contribution in [0, 0.1) is 0 Å². The first-order valence-electron chi connectivity index (χ1n) is 8.51. The molecule has 0 radical (unpaired) electrons. The van der Waals surface area contributed by atoms with Crippen molar-refractivity contribution >= 4 is 11.0 Å². The van der Waals surface area contributed by atoms with Crippen LogP contribution in [0.4, 0.5) is 0 Å². The number of fused-ring (bicyclic) bond motifs is 1. The number of nitrogens with zero attached hydrogens (tertiary/aromatic N) is 2. The van der Waals surface area contributed by atoms with Gasteiger partial charge in [0.1, 0.15) is 11.4 Å². The fourth-order valence-electron chi connectivity index (χ4n) is 3.00. The zero-order chi connectivity index (χ0) is 16.5. The molecular weight excluding hydrogens is 300 g/mol. The van der Waals surface area contributed by atoms with Gasteiger partial charge in [0.2, 0.25) is 0 Å². The highest BCUT2D eigenvalue weighted by atomic mass is 16.5. The largest absolute Gasteiger partial charge is 0.494 e. The number of aromatic nitrogens is 2. The number of pyridine rings is 2. The van der Waals surface area contributed by atoms with E-state index in [1.54, 1.807) is 6.20 Å². The third-order valence-corrected chi connectivity index (χ3v) is 4.34. The van der Waals surface area contributed by atoms with Crippen LogP contribution in [0.2, 0.25) is 0 Å². The molecule has 122 valence electrons. The van der Waals surface area contributed by atoms with Gasteiger partial charge in [0, 0.05) is 23.2 Å². The summed E-state index contributed by atoms with van der Waals surface area (Å²) in [6, 6.07) is 14.0. The van der Waals surface area contributed by atoms with Gasteiger partial charge in [0.25, 0.3) is 5.56 Å². The van der Waals surface area contributed by atoms with Crippen molar-refractivity contribution in [3.05, 3.63) is 59.0 Å². The minimum Gasteiger partial charge on any atom is -0.494 e. The van der Waals surface area contributed by atoms with E-state index in [2.05, 4.69) is 11.9 Å². The van der Waals surface area contributed by atoms with E-state index in [9.17, 15) is 4.79 Å². The van der Waals surface area contributed by atoms with E-state index in [-0.39, 0.29) is 5.56 Å². The van der Waals surface area contributed by atoms with Gasteiger partial charge in [0.15, 0.2) is 0 Å². The van der Waals surface area contributed by atoms with Gasteiger partial charge in [-0.1, -0.05) is 19.1 Å². The molecule has 4 rings (SSSR count). The van der Waals surface area contributed by atoms with Crippen molar-refractivity contribution in [2.45, 2.75) is 32.2 Å². The van der Waals surface area contributed by atoms with Crippen molar-refractivity contribution in [2.75, 3.05) is 6.61 Å². The summed E-state index contributed by atoms with van der Waals surface area (Å²) in [6.45, 7) is 2.79. The van der Waals surface area contributed by atoms with Gasteiger partial charge in [-0.15, -0.1) is 0 Å². The third kappa shape index (κ3) is 2.68. The van der Waals surface area contributed by atoms with Crippen molar-refractivity contribution < 1.29 is 4.74 Å². The molecule has 1 fully saturated rings. The highest BCUT2D eigenvalue weighted by molar-refractivity contribution is 5.81. The molecule has 0 unspecified atom stereocenters. The molecule has 24 heavy (non-hydrogen) atoms. The lowest BCUT2D eigenvalue weighted by molar-refractivity contribution is 0.317. The summed E-state index contributed by atoms with van der Waals surface area (Å²) in [7, 11) is 0. The minimum absolute atomic E-state index is 0.0472. The molecule has 1 aliphatic rings. The lowest BCUT2D eigenvalue weighted by Gasteiger charge is -2.12. The van der Waals surface area contributed by atoms with Crippen LogP contribution in [-0.4, -0.2) is 16.2 Å². The van der Waals surface area contributed by atoms with Crippen LogP contribution >= 0.6 is 0 Å². The molecule has 0 spiro atoms. The molecule has 3 aromatic rings. The second kappa shape index (κ2) is 6.11. The molecule has 4 heteroatoms. The molecule has 0 bridgehead atoms. The van der Waals surface area contributed by atoms with Crippen molar-refractivity contribution in [3.63, 3.8) is 0 Å². The minimum atomic E-state index is 0.0472. The number of benzene rings is 1. The van der Waals surface area contributed by atoms with Gasteiger partial charge in [0.05, 0.1) is 6.61 Å². The van der Waals surface area contributed by atoms with E-state index in [1.165, 1.54) is 0 Å². The summed E-state index contributed by atoms with van der Waals surface area (Å²) in [5, 5.41) is 1.00. The zero-order valence-electron chi connectivity index (χ0n) is 13.7. The molecule has 2 heterocycles. The summed E-state index contributed by atoms with van der Waals surface area (Å²) in [4.78, 5) is 17.4. The van der Waals surface area contributed by atoms with Crippen LogP contribution in [0.5, 0.6) is 5.75 Å². The predicted octanol–water partition coefficient (Wildman–Crippen LogP) is 4.19. The Labute approximate surface area is 140 Å². The molecular formula is C20H20N2O2. The van der Waals surface area contributed by atoms with Gasteiger partial charge < -0.3 is 4.74 Å². The highest BCUT2D eigenvalue weighted by Crippen LogP contribution is 2.36. The Hall–Kier alpha value is -2.62. The van der Waals surface area contributed by atoms with Gasteiger partial charge in [-0.05, 0) is 55.2 Å². The van der Waals surface area contributed by atoms with Gasteiger partial charge in [-0.3, -0.25) is 9.36 Å². The van der Waals surface area contributed by atoms with Crippen LogP contribution in [0.25, 0.3) is 22.2 Å². The standard InChI is InChI=1S/C20H20N2O2/c1-2-12-24-17-9-5-14(6-10-17)18-13-15-4-3-11-21-19(15)22(20(18)23)16-7-8-16/h3-6,9-11,13,16H,2,7-8,12H2,1H3. The first-order chi connectivity index (χ1) is 11.8. The second-order valence-electron chi connectivity index (χ2n) is 6.25. The Bertz CT molecular complexity index is 925. The van der Waals surface area contributed by atoms with E-state index in [0.29, 0.717) is 12.6 Å². The van der Waals surface area contributed by atoms with Crippen LogP contribution in [0.15, 0.2) is 53.5 Å². The average Bonchev–Trinajstić information content (AvgIpc) is 3.45. The van der Waals surface area contributed by atoms with E-state index in [1.807, 2.05) is 47.0 Å². The monoisotopic (exact) mass is 320 g/mol. The molecule has 0 saturated heterocycles. The molecule has 1 saturated carbocycles. The fraction of sp³-hybridized carbons (Fsp3) is 0.300. The van der Waals surface area contributed by atoms with Crippen LogP contribution < -0.4 is 10.3 Å². The molecule has 0 N–H and O–H groups in total. The topological polar surface area (TPSA) is 44.1 Å². The molecule has 0 aliphatic heterocycles. The summed E-state index contributed by atoms with van der Waals surface area (Å²) in [6.07, 6.45) is 4.84. The first-order valence-corrected chi connectivity index (χ1v) is 8.51. The quantitative estimate of drug-likeness (QED) is 0.708. The number of rotatable bonds is 5. The van der Waals surface area contributed by atoms with Crippen molar-refractivity contribution in [1.82, 2.24) is 9.55 Å². The molecule has 2 aromatic heterocycles. The summed E-state index contributed by atoms with van der Waals surface area (Å²) in [5.74, 6) is 0.838. The Morgan fingerprint density at radius 3 is 2.71 bits per heavy atom. The normalized spacial score (nSPS) is 14.0. The second-order valence-corrected chi connectivity index (χ2v) is 6.25. The maximum absolute atomic E-state index is 13.0. The summed E-state index contributed by atoms with van der Waals surface area (Å²) >= 11 is 0. The highest BCUT2D eigenvalue weighted by Gasteiger charge is 2.27. The van der Waals surface area contributed by atoms with Crippen LogP contribution in [0.3, 0.4) is 0 Å². The zero-order valence-corrected chi connectivity index (χ0v) is 13.7. The Kier molecular flexibility index (Phi) is 3.81. The lowest BCUT2D eigenvalue weighted by Crippen LogP contribution is -2.21. The van der Waals surface area contributed by atoms with Gasteiger partial charge in [-0.2, -0.15) is 0 Å². The van der Waals surface area contributed by atoms with Crippen molar-refractivity contribution in [1.29, 1.82) is 0 Å². The maximum Gasteiger partial charge on any atom is 0.260 e. The number of hydrogen-bond donors (Lipinski definition) is 0. The molecule has 0 amide bonds. The Morgan fingerprint density at radius 2 is 2.00 bits per heavy atom. The first kappa shape index (κ1) is 14.9. The Morgan fingerprint density at radius 1 is 1.21 bits per heavy atom. The predicted molar refractivity (Wildman–Crippen MR) is 95.5 cm³/mol.